The van der Waals surface area contributed by atoms with E-state index in [1.54, 1.807) is 35.9 Å². The predicted molar refractivity (Wildman–Crippen MR) is 139 cm³/mol. The number of hydrogen-bond acceptors (Lipinski definition) is 3. The molecule has 0 unspecified atom stereocenters. The first-order chi connectivity index (χ1) is 16.9. The first kappa shape index (κ1) is 22.4. The van der Waals surface area contributed by atoms with Crippen LogP contribution in [0.25, 0.3) is 27.6 Å². The van der Waals surface area contributed by atoms with Crippen molar-refractivity contribution in [2.24, 2.45) is 7.05 Å². The van der Waals surface area contributed by atoms with Gasteiger partial charge in [0.05, 0.1) is 16.7 Å². The zero-order chi connectivity index (χ0) is 24.7. The Hall–Kier alpha value is -4.39. The largest absolute Gasteiger partial charge is 0.338 e. The Balaban J connectivity index is 1.73. The molecule has 0 spiro atoms. The minimum absolute atomic E-state index is 0.231. The minimum atomic E-state index is -0.556. The molecule has 3 aromatic carbocycles. The molecule has 1 N–H and O–H groups in total. The molecule has 0 saturated heterocycles. The minimum Gasteiger partial charge on any atom is -0.338 e. The summed E-state index contributed by atoms with van der Waals surface area (Å²) in [5.74, 6) is -0.347. The molecule has 0 fully saturated rings. The highest BCUT2D eigenvalue weighted by molar-refractivity contribution is 6.06. The molecule has 7 heteroatoms. The van der Waals surface area contributed by atoms with Crippen molar-refractivity contribution in [2.45, 2.75) is 26.8 Å². The topological polar surface area (TPSA) is 78.0 Å². The molecule has 2 aromatic heterocycles. The number of nitrogens with one attached hydrogen (secondary N) is 1. The summed E-state index contributed by atoms with van der Waals surface area (Å²) in [6, 6.07) is 22.2. The van der Waals surface area contributed by atoms with Gasteiger partial charge in [0.15, 0.2) is 0 Å². The van der Waals surface area contributed by atoms with Crippen LogP contribution >= 0.6 is 0 Å². The van der Waals surface area contributed by atoms with Crippen LogP contribution in [0.5, 0.6) is 0 Å². The van der Waals surface area contributed by atoms with Crippen molar-refractivity contribution in [3.8, 4) is 5.69 Å². The molecule has 0 saturated carbocycles. The fourth-order valence-electron chi connectivity index (χ4n) is 4.59. The average Bonchev–Trinajstić information content (AvgIpc) is 3.14. The number of rotatable bonds is 5. The van der Waals surface area contributed by atoms with E-state index in [9.17, 15) is 14.4 Å². The van der Waals surface area contributed by atoms with Crippen LogP contribution in [0.3, 0.4) is 0 Å². The van der Waals surface area contributed by atoms with Gasteiger partial charge in [-0.2, -0.15) is 0 Å². The summed E-state index contributed by atoms with van der Waals surface area (Å²) < 4.78 is 4.34. The lowest BCUT2D eigenvalue weighted by Gasteiger charge is -2.13. The molecule has 5 rings (SSSR count). The van der Waals surface area contributed by atoms with E-state index in [2.05, 4.69) is 12.2 Å². The van der Waals surface area contributed by atoms with Crippen molar-refractivity contribution in [1.29, 1.82) is 0 Å². The van der Waals surface area contributed by atoms with Crippen molar-refractivity contribution >= 4 is 33.5 Å². The lowest BCUT2D eigenvalue weighted by molar-refractivity contribution is -0.116. The van der Waals surface area contributed by atoms with Crippen molar-refractivity contribution in [1.82, 2.24) is 13.7 Å². The van der Waals surface area contributed by atoms with E-state index in [0.29, 0.717) is 22.4 Å². The molecule has 7 nitrogen and oxygen atoms in total. The van der Waals surface area contributed by atoms with Crippen molar-refractivity contribution in [2.75, 3.05) is 5.32 Å². The number of anilines is 1. The van der Waals surface area contributed by atoms with E-state index in [1.165, 1.54) is 10.1 Å². The molecule has 176 valence electrons. The third-order valence-electron chi connectivity index (χ3n) is 6.39. The second-order valence-electron chi connectivity index (χ2n) is 8.72. The molecule has 0 aliphatic heterocycles. The zero-order valence-electron chi connectivity index (χ0n) is 19.9. The Kier molecular flexibility index (Phi) is 5.61. The van der Waals surface area contributed by atoms with Crippen LogP contribution in [0.15, 0.2) is 82.4 Å². The summed E-state index contributed by atoms with van der Waals surface area (Å²) in [5, 5.41) is 3.64. The van der Waals surface area contributed by atoms with Gasteiger partial charge in [0.1, 0.15) is 12.1 Å². The normalized spacial score (nSPS) is 11.3. The van der Waals surface area contributed by atoms with Gasteiger partial charge in [-0.25, -0.2) is 9.36 Å². The van der Waals surface area contributed by atoms with Crippen LogP contribution in [0, 0.1) is 6.92 Å². The van der Waals surface area contributed by atoms with Gasteiger partial charge in [0, 0.05) is 18.1 Å². The highest BCUT2D eigenvalue weighted by Gasteiger charge is 2.22. The predicted octanol–water partition coefficient (Wildman–Crippen LogP) is 4.15. The maximum atomic E-state index is 13.8. The summed E-state index contributed by atoms with van der Waals surface area (Å²) in [5.41, 5.74) is 3.95. The smallest absolute Gasteiger partial charge is 0.336 e. The van der Waals surface area contributed by atoms with E-state index >= 15 is 0 Å². The van der Waals surface area contributed by atoms with Crippen LogP contribution in [0.2, 0.25) is 0 Å². The molecule has 2 heterocycles. The highest BCUT2D eigenvalue weighted by atomic mass is 16.2. The second-order valence-corrected chi connectivity index (χ2v) is 8.72. The maximum Gasteiger partial charge on any atom is 0.336 e. The Morgan fingerprint density at radius 3 is 2.31 bits per heavy atom. The zero-order valence-corrected chi connectivity index (χ0v) is 19.9. The van der Waals surface area contributed by atoms with Crippen molar-refractivity contribution < 1.29 is 4.79 Å². The standard InChI is InChI=1S/C28H26N4O3/c1-4-19-11-13-20(14-12-19)29-24(33)17-31-25-22-16-18(2)10-15-23(22)30(3)26(25)27(34)32(28(31)35)21-8-6-5-7-9-21/h5-16H,4,17H2,1-3H3,(H,29,33). The SMILES string of the molecule is CCc1ccc(NC(=O)Cn2c(=O)n(-c3ccccc3)c(=O)c3c2c2cc(C)ccc2n3C)cc1. The molecule has 5 aromatic rings. The summed E-state index contributed by atoms with van der Waals surface area (Å²) in [4.78, 5) is 40.5. The number of carbonyl (C=O) groups excluding carboxylic acids is 1. The van der Waals surface area contributed by atoms with Crippen LogP contribution < -0.4 is 16.6 Å². The summed E-state index contributed by atoms with van der Waals surface area (Å²) in [7, 11) is 1.81. The second kappa shape index (κ2) is 8.76. The Bertz CT molecular complexity index is 1690. The first-order valence-corrected chi connectivity index (χ1v) is 11.6. The number of benzene rings is 3. The van der Waals surface area contributed by atoms with Crippen LogP contribution in [0.1, 0.15) is 18.1 Å². The molecule has 1 amide bonds. The van der Waals surface area contributed by atoms with E-state index in [4.69, 9.17) is 0 Å². The van der Waals surface area contributed by atoms with Gasteiger partial charge in [-0.1, -0.05) is 48.9 Å². The number of para-hydroxylation sites is 1. The van der Waals surface area contributed by atoms with Crippen LogP contribution in [0.4, 0.5) is 5.69 Å². The molecular formula is C28H26N4O3. The lowest BCUT2D eigenvalue weighted by atomic mass is 10.1. The van der Waals surface area contributed by atoms with Gasteiger partial charge in [-0.15, -0.1) is 0 Å². The van der Waals surface area contributed by atoms with Gasteiger partial charge >= 0.3 is 5.69 Å². The van der Waals surface area contributed by atoms with Gasteiger partial charge in [-0.05, 0) is 55.3 Å². The third kappa shape index (κ3) is 3.85. The Labute approximate surface area is 201 Å². The number of nitrogens with zero attached hydrogens (tertiary/aromatic N) is 3. The number of fused-ring (bicyclic) bond motifs is 3. The molecule has 0 aliphatic rings. The molecular weight excluding hydrogens is 440 g/mol. The van der Waals surface area contributed by atoms with E-state index in [1.807, 2.05) is 55.5 Å². The molecule has 0 radical (unpaired) electrons. The molecule has 0 atom stereocenters. The van der Waals surface area contributed by atoms with Gasteiger partial charge in [-0.3, -0.25) is 14.2 Å². The van der Waals surface area contributed by atoms with Crippen LogP contribution in [-0.4, -0.2) is 19.6 Å². The monoisotopic (exact) mass is 466 g/mol. The summed E-state index contributed by atoms with van der Waals surface area (Å²) in [6.45, 7) is 3.79. The average molecular weight is 467 g/mol. The number of aryl methyl sites for hydroxylation is 3. The van der Waals surface area contributed by atoms with Crippen LogP contribution in [-0.2, 0) is 24.8 Å². The maximum absolute atomic E-state index is 13.8. The van der Waals surface area contributed by atoms with Crippen molar-refractivity contribution in [3.05, 3.63) is 105 Å². The fourth-order valence-corrected chi connectivity index (χ4v) is 4.59. The highest BCUT2D eigenvalue weighted by Crippen LogP contribution is 2.26. The van der Waals surface area contributed by atoms with Crippen molar-refractivity contribution in [3.63, 3.8) is 0 Å². The van der Waals surface area contributed by atoms with Gasteiger partial charge in [0.2, 0.25) is 5.91 Å². The number of hydrogen-bond donors (Lipinski definition) is 1. The Morgan fingerprint density at radius 1 is 0.914 bits per heavy atom. The Morgan fingerprint density at radius 2 is 1.63 bits per heavy atom. The molecule has 0 bridgehead atoms. The molecule has 35 heavy (non-hydrogen) atoms. The lowest BCUT2D eigenvalue weighted by Crippen LogP contribution is -2.41. The fraction of sp³-hybridized carbons (Fsp3) is 0.179. The van der Waals surface area contributed by atoms with Gasteiger partial charge < -0.3 is 9.88 Å². The number of amides is 1. The van der Waals surface area contributed by atoms with E-state index in [-0.39, 0.29) is 12.5 Å². The first-order valence-electron chi connectivity index (χ1n) is 11.6. The third-order valence-corrected chi connectivity index (χ3v) is 6.39. The van der Waals surface area contributed by atoms with E-state index < -0.39 is 11.2 Å². The van der Waals surface area contributed by atoms with E-state index in [0.717, 1.165) is 27.5 Å². The number of carbonyl (C=O) groups is 1. The summed E-state index contributed by atoms with van der Waals surface area (Å²) >= 11 is 0. The number of aromatic nitrogens is 3. The quantitative estimate of drug-likeness (QED) is 0.423. The van der Waals surface area contributed by atoms with Gasteiger partial charge in [0.25, 0.3) is 5.56 Å². The summed E-state index contributed by atoms with van der Waals surface area (Å²) in [6.07, 6.45) is 0.906. The molecule has 0 aliphatic carbocycles.